The van der Waals surface area contributed by atoms with Gasteiger partial charge in [-0.25, -0.2) is 0 Å². The molecule has 3 N–H and O–H groups in total. The molecule has 1 saturated carbocycles. The Balaban J connectivity index is 0.00000261. The summed E-state index contributed by atoms with van der Waals surface area (Å²) >= 11 is 0. The van der Waals surface area contributed by atoms with E-state index in [2.05, 4.69) is 15.2 Å². The SMILES string of the molecule is I.NC(=NCCCN1CCN(c2cccc(C(F)(F)F)c2)CC1)NC1CC1. The highest BCUT2D eigenvalue weighted by Crippen LogP contribution is 2.31. The van der Waals surface area contributed by atoms with Crippen molar-refractivity contribution >= 4 is 35.6 Å². The van der Waals surface area contributed by atoms with E-state index in [1.165, 1.54) is 25.0 Å². The van der Waals surface area contributed by atoms with Crippen molar-refractivity contribution in [2.24, 2.45) is 10.7 Å². The summed E-state index contributed by atoms with van der Waals surface area (Å²) in [6.45, 7) is 4.77. The number of alkyl halides is 3. The second kappa shape index (κ2) is 9.81. The van der Waals surface area contributed by atoms with Crippen LogP contribution in [0.3, 0.4) is 0 Å². The quantitative estimate of drug-likeness (QED) is 0.275. The van der Waals surface area contributed by atoms with Crippen molar-refractivity contribution in [1.29, 1.82) is 0 Å². The number of halogens is 4. The summed E-state index contributed by atoms with van der Waals surface area (Å²) in [4.78, 5) is 8.66. The van der Waals surface area contributed by atoms with Gasteiger partial charge in [0.05, 0.1) is 5.56 Å². The summed E-state index contributed by atoms with van der Waals surface area (Å²) in [6.07, 6.45) is -1.02. The smallest absolute Gasteiger partial charge is 0.370 e. The van der Waals surface area contributed by atoms with Crippen molar-refractivity contribution in [1.82, 2.24) is 10.2 Å². The Morgan fingerprint density at radius 2 is 1.89 bits per heavy atom. The summed E-state index contributed by atoms with van der Waals surface area (Å²) in [5, 5.41) is 3.16. The van der Waals surface area contributed by atoms with Crippen molar-refractivity contribution in [2.75, 3.05) is 44.2 Å². The van der Waals surface area contributed by atoms with Gasteiger partial charge >= 0.3 is 6.18 Å². The second-order valence-corrected chi connectivity index (χ2v) is 6.92. The van der Waals surface area contributed by atoms with Gasteiger partial charge in [-0.2, -0.15) is 13.2 Å². The molecule has 1 saturated heterocycles. The summed E-state index contributed by atoms with van der Waals surface area (Å²) in [5.74, 6) is 0.530. The molecule has 0 unspecified atom stereocenters. The lowest BCUT2D eigenvalue weighted by Crippen LogP contribution is -2.46. The molecule has 1 heterocycles. The average Bonchev–Trinajstić information content (AvgIpc) is 3.43. The fourth-order valence-corrected chi connectivity index (χ4v) is 3.08. The van der Waals surface area contributed by atoms with Crippen molar-refractivity contribution in [3.8, 4) is 0 Å². The predicted octanol–water partition coefficient (Wildman–Crippen LogP) is 2.90. The van der Waals surface area contributed by atoms with E-state index in [4.69, 9.17) is 5.73 Å². The van der Waals surface area contributed by atoms with Gasteiger partial charge in [0.2, 0.25) is 0 Å². The normalized spacial score (nSPS) is 18.9. The zero-order valence-corrected chi connectivity index (χ0v) is 17.5. The van der Waals surface area contributed by atoms with Gasteiger partial charge in [-0.1, -0.05) is 6.07 Å². The van der Waals surface area contributed by atoms with Crippen LogP contribution in [0.25, 0.3) is 0 Å². The zero-order valence-electron chi connectivity index (χ0n) is 15.2. The fraction of sp³-hybridized carbons (Fsp3) is 0.611. The van der Waals surface area contributed by atoms with Gasteiger partial charge in [0.15, 0.2) is 5.96 Å². The van der Waals surface area contributed by atoms with Crippen LogP contribution in [0.4, 0.5) is 18.9 Å². The predicted molar refractivity (Wildman–Crippen MR) is 113 cm³/mol. The van der Waals surface area contributed by atoms with E-state index in [1.54, 1.807) is 6.07 Å². The van der Waals surface area contributed by atoms with Crippen molar-refractivity contribution in [2.45, 2.75) is 31.5 Å². The Hall–Kier alpha value is -1.23. The number of aliphatic imine (C=N–C) groups is 1. The number of anilines is 1. The van der Waals surface area contributed by atoms with Crippen LogP contribution < -0.4 is 16.0 Å². The monoisotopic (exact) mass is 497 g/mol. The van der Waals surface area contributed by atoms with Crippen LogP contribution in [0, 0.1) is 0 Å². The van der Waals surface area contributed by atoms with E-state index >= 15 is 0 Å². The zero-order chi connectivity index (χ0) is 18.6. The summed E-state index contributed by atoms with van der Waals surface area (Å²) in [7, 11) is 0. The molecule has 0 aromatic heterocycles. The number of rotatable bonds is 6. The van der Waals surface area contributed by atoms with E-state index in [1.807, 2.05) is 4.90 Å². The topological polar surface area (TPSA) is 56.9 Å². The molecule has 1 aliphatic carbocycles. The van der Waals surface area contributed by atoms with Gasteiger partial charge in [-0.3, -0.25) is 9.89 Å². The molecule has 1 aliphatic heterocycles. The lowest BCUT2D eigenvalue weighted by atomic mass is 10.1. The first-order chi connectivity index (χ1) is 12.4. The Kier molecular flexibility index (Phi) is 8.02. The molecule has 1 aromatic carbocycles. The maximum Gasteiger partial charge on any atom is 0.416 e. The van der Waals surface area contributed by atoms with Crippen LogP contribution in [-0.4, -0.2) is 56.2 Å². The standard InChI is InChI=1S/C18H26F3N5.HI/c19-18(20,21)14-3-1-4-16(13-14)26-11-9-25(10-12-26)8-2-7-23-17(22)24-15-5-6-15;/h1,3-4,13,15H,2,5-12H2,(H3,22,23,24);1H. The molecule has 152 valence electrons. The molecule has 2 aliphatic rings. The number of hydrogen-bond donors (Lipinski definition) is 2. The number of nitrogens with zero attached hydrogens (tertiary/aromatic N) is 3. The molecule has 2 fully saturated rings. The maximum atomic E-state index is 12.8. The first kappa shape index (κ1) is 22.1. The molecule has 1 aromatic rings. The van der Waals surface area contributed by atoms with E-state index in [-0.39, 0.29) is 24.0 Å². The van der Waals surface area contributed by atoms with Crippen LogP contribution >= 0.6 is 24.0 Å². The Morgan fingerprint density at radius 3 is 2.52 bits per heavy atom. The van der Waals surface area contributed by atoms with Gasteiger partial charge in [0, 0.05) is 51.0 Å². The van der Waals surface area contributed by atoms with E-state index in [9.17, 15) is 13.2 Å². The first-order valence-corrected chi connectivity index (χ1v) is 9.13. The van der Waals surface area contributed by atoms with Crippen LogP contribution in [-0.2, 0) is 6.18 Å². The number of guanidine groups is 1. The van der Waals surface area contributed by atoms with Crippen LogP contribution in [0.5, 0.6) is 0 Å². The number of hydrogen-bond acceptors (Lipinski definition) is 3. The molecule has 0 atom stereocenters. The fourth-order valence-electron chi connectivity index (χ4n) is 3.08. The second-order valence-electron chi connectivity index (χ2n) is 6.92. The average molecular weight is 497 g/mol. The van der Waals surface area contributed by atoms with Crippen molar-refractivity contribution < 1.29 is 13.2 Å². The molecule has 0 radical (unpaired) electrons. The van der Waals surface area contributed by atoms with Crippen LogP contribution in [0.15, 0.2) is 29.3 Å². The number of nitrogens with one attached hydrogen (secondary N) is 1. The molecular formula is C18H27F3IN5. The Bertz CT molecular complexity index is 626. The minimum atomic E-state index is -4.30. The third-order valence-corrected chi connectivity index (χ3v) is 4.75. The summed E-state index contributed by atoms with van der Waals surface area (Å²) in [5.41, 5.74) is 5.85. The molecular weight excluding hydrogens is 470 g/mol. The largest absolute Gasteiger partial charge is 0.416 e. The maximum absolute atomic E-state index is 12.8. The molecule has 9 heteroatoms. The highest BCUT2D eigenvalue weighted by Gasteiger charge is 2.31. The van der Waals surface area contributed by atoms with E-state index < -0.39 is 11.7 Å². The first-order valence-electron chi connectivity index (χ1n) is 9.13. The third kappa shape index (κ3) is 7.02. The molecule has 0 bridgehead atoms. The highest BCUT2D eigenvalue weighted by molar-refractivity contribution is 14.0. The van der Waals surface area contributed by atoms with Crippen LogP contribution in [0.2, 0.25) is 0 Å². The highest BCUT2D eigenvalue weighted by atomic mass is 127. The van der Waals surface area contributed by atoms with Crippen molar-refractivity contribution in [3.63, 3.8) is 0 Å². The summed E-state index contributed by atoms with van der Waals surface area (Å²) < 4.78 is 38.5. The molecule has 0 amide bonds. The van der Waals surface area contributed by atoms with Crippen molar-refractivity contribution in [3.05, 3.63) is 29.8 Å². The van der Waals surface area contributed by atoms with Gasteiger partial charge in [0.25, 0.3) is 0 Å². The Labute approximate surface area is 175 Å². The van der Waals surface area contributed by atoms with Gasteiger partial charge in [-0.15, -0.1) is 24.0 Å². The summed E-state index contributed by atoms with van der Waals surface area (Å²) in [6, 6.07) is 6.09. The Morgan fingerprint density at radius 1 is 1.19 bits per heavy atom. The molecule has 3 rings (SSSR count). The number of nitrogens with two attached hydrogens (primary N) is 1. The van der Waals surface area contributed by atoms with Gasteiger partial charge in [-0.05, 0) is 37.5 Å². The van der Waals surface area contributed by atoms with Gasteiger partial charge in [0.1, 0.15) is 0 Å². The van der Waals surface area contributed by atoms with Crippen LogP contribution in [0.1, 0.15) is 24.8 Å². The number of benzene rings is 1. The van der Waals surface area contributed by atoms with E-state index in [0.29, 0.717) is 24.2 Å². The molecule has 0 spiro atoms. The minimum Gasteiger partial charge on any atom is -0.370 e. The molecule has 27 heavy (non-hydrogen) atoms. The van der Waals surface area contributed by atoms with Gasteiger partial charge < -0.3 is 16.0 Å². The third-order valence-electron chi connectivity index (χ3n) is 4.75. The number of piperazine rings is 1. The minimum absolute atomic E-state index is 0. The molecule has 5 nitrogen and oxygen atoms in total. The lowest BCUT2D eigenvalue weighted by molar-refractivity contribution is -0.137. The van der Waals surface area contributed by atoms with E-state index in [0.717, 1.165) is 45.2 Å². The lowest BCUT2D eigenvalue weighted by Gasteiger charge is -2.36.